The fourth-order valence-electron chi connectivity index (χ4n) is 4.09. The normalized spacial score (nSPS) is 27.1. The molecule has 1 aromatic heterocycles. The van der Waals surface area contributed by atoms with Gasteiger partial charge in [0, 0.05) is 24.3 Å². The van der Waals surface area contributed by atoms with Crippen LogP contribution in [0.2, 0.25) is 0 Å². The van der Waals surface area contributed by atoms with Crippen LogP contribution in [0.3, 0.4) is 0 Å². The van der Waals surface area contributed by atoms with Crippen LogP contribution in [-0.4, -0.2) is 52.7 Å². The van der Waals surface area contributed by atoms with Gasteiger partial charge in [0.2, 0.25) is 0 Å². The first-order valence-corrected chi connectivity index (χ1v) is 13.6. The maximum Gasteiger partial charge on any atom is 0.165 e. The third-order valence-electron chi connectivity index (χ3n) is 6.28. The van der Waals surface area contributed by atoms with Gasteiger partial charge in [0.05, 0.1) is 24.0 Å². The van der Waals surface area contributed by atoms with E-state index in [0.29, 0.717) is 24.5 Å². The lowest BCUT2D eigenvalue weighted by atomic mass is 9.78. The zero-order valence-corrected chi connectivity index (χ0v) is 23.7. The fourth-order valence-corrected chi connectivity index (χ4v) is 5.94. The lowest BCUT2D eigenvalue weighted by Crippen LogP contribution is -2.53. The van der Waals surface area contributed by atoms with Gasteiger partial charge in [-0.05, 0) is 50.5 Å². The van der Waals surface area contributed by atoms with E-state index < -0.39 is 17.2 Å². The summed E-state index contributed by atoms with van der Waals surface area (Å²) in [4.78, 5) is 8.14. The summed E-state index contributed by atoms with van der Waals surface area (Å²) in [6.45, 7) is 8.59. The van der Waals surface area contributed by atoms with E-state index in [0.717, 1.165) is 27.4 Å². The summed E-state index contributed by atoms with van der Waals surface area (Å²) in [6, 6.07) is 2.01. The maximum absolute atomic E-state index is 13.8. The molecule has 2 N–H and O–H groups in total. The van der Waals surface area contributed by atoms with Crippen molar-refractivity contribution in [3.05, 3.63) is 57.2 Å². The second-order valence-corrected chi connectivity index (χ2v) is 11.7. The predicted molar refractivity (Wildman–Crippen MR) is 149 cm³/mol. The van der Waals surface area contributed by atoms with Crippen LogP contribution in [0.15, 0.2) is 52.5 Å². The zero-order valence-electron chi connectivity index (χ0n) is 21.8. The number of alkyl halides is 1. The minimum atomic E-state index is -1.43. The average molecular weight is 537 g/mol. The first kappa shape index (κ1) is 28.6. The molecule has 0 aromatic carbocycles. The zero-order chi connectivity index (χ0) is 26.5. The number of nitrogens with zero attached hydrogens (tertiary/aromatic N) is 2. The number of aliphatic hydroxyl groups is 2. The summed E-state index contributed by atoms with van der Waals surface area (Å²) in [5.41, 5.74) is 2.02. The van der Waals surface area contributed by atoms with E-state index >= 15 is 0 Å². The van der Waals surface area contributed by atoms with Crippen LogP contribution in [0.25, 0.3) is 5.57 Å². The fraction of sp³-hybridized carbons (Fsp3) is 0.519. The third kappa shape index (κ3) is 7.06. The lowest BCUT2D eigenvalue weighted by molar-refractivity contribution is -0.132. The van der Waals surface area contributed by atoms with E-state index in [1.54, 1.807) is 24.4 Å². The monoisotopic (exact) mass is 536 g/mol. The van der Waals surface area contributed by atoms with Crippen LogP contribution < -0.4 is 0 Å². The first-order chi connectivity index (χ1) is 17.0. The molecule has 9 heteroatoms. The Morgan fingerprint density at radius 3 is 2.61 bits per heavy atom. The second-order valence-electron chi connectivity index (χ2n) is 9.54. The molecule has 2 aliphatic rings. The number of aliphatic hydroxyl groups excluding tert-OH is 1. The van der Waals surface area contributed by atoms with E-state index in [9.17, 15) is 14.6 Å². The molecule has 1 fully saturated rings. The molecule has 3 rings (SSSR count). The molecule has 0 saturated heterocycles. The number of hydrogen-bond acceptors (Lipinski definition) is 7. The van der Waals surface area contributed by atoms with E-state index in [4.69, 9.17) is 9.47 Å². The molecular weight excluding hydrogens is 498 g/mol. The van der Waals surface area contributed by atoms with Crippen LogP contribution in [-0.2, 0) is 9.47 Å². The van der Waals surface area contributed by atoms with Gasteiger partial charge >= 0.3 is 0 Å². The van der Waals surface area contributed by atoms with E-state index in [1.165, 1.54) is 16.9 Å². The molecule has 6 nitrogen and oxygen atoms in total. The topological polar surface area (TPSA) is 74.5 Å². The SMILES string of the molecule is CC/C=C(OCC1(O)CC(F)(P)C1)\C(=C/CN1C=Nc2cc(/C(C)=C/C=C(\C)CC)sc2C1O)OC. The highest BCUT2D eigenvalue weighted by molar-refractivity contribution is 7.18. The van der Waals surface area contributed by atoms with Crippen molar-refractivity contribution in [2.24, 2.45) is 4.99 Å². The quantitative estimate of drug-likeness (QED) is 0.195. The number of aliphatic imine (C=N–C) groups is 1. The summed E-state index contributed by atoms with van der Waals surface area (Å²) in [6.07, 6.45) is 10.4. The van der Waals surface area contributed by atoms with Gasteiger partial charge in [-0.3, -0.25) is 0 Å². The highest BCUT2D eigenvalue weighted by Gasteiger charge is 2.52. The Balaban J connectivity index is 1.69. The number of thiophene rings is 1. The molecule has 198 valence electrons. The first-order valence-electron chi connectivity index (χ1n) is 12.2. The summed E-state index contributed by atoms with van der Waals surface area (Å²) < 4.78 is 25.3. The molecule has 1 aliphatic carbocycles. The van der Waals surface area contributed by atoms with Crippen LogP contribution in [0.1, 0.15) is 69.4 Å². The molecule has 2 unspecified atom stereocenters. The molecule has 1 aliphatic heterocycles. The van der Waals surface area contributed by atoms with E-state index in [-0.39, 0.29) is 19.4 Å². The third-order valence-corrected chi connectivity index (χ3v) is 7.99. The molecule has 0 spiro atoms. The molecule has 36 heavy (non-hydrogen) atoms. The number of ether oxygens (including phenoxy) is 2. The summed E-state index contributed by atoms with van der Waals surface area (Å²) >= 11 is 1.54. The molecule has 0 radical (unpaired) electrons. The van der Waals surface area contributed by atoms with Gasteiger partial charge < -0.3 is 24.6 Å². The van der Waals surface area contributed by atoms with Crippen LogP contribution in [0.5, 0.6) is 0 Å². The smallest absolute Gasteiger partial charge is 0.165 e. The molecule has 0 amide bonds. The number of methoxy groups -OCH3 is 1. The van der Waals surface area contributed by atoms with Crippen molar-refractivity contribution in [2.45, 2.75) is 70.6 Å². The van der Waals surface area contributed by atoms with E-state index in [2.05, 4.69) is 47.2 Å². The Morgan fingerprint density at radius 2 is 2.00 bits per heavy atom. The average Bonchev–Trinajstić information content (AvgIpc) is 3.26. The molecule has 2 atom stereocenters. The van der Waals surface area contributed by atoms with Crippen molar-refractivity contribution in [1.82, 2.24) is 4.90 Å². The van der Waals surface area contributed by atoms with Gasteiger partial charge in [-0.15, -0.1) is 11.3 Å². The molecular formula is C27H38FN2O4PS. The van der Waals surface area contributed by atoms with Crippen molar-refractivity contribution >= 4 is 38.2 Å². The number of hydrogen-bond donors (Lipinski definition) is 2. The molecule has 0 bridgehead atoms. The molecule has 1 aromatic rings. The van der Waals surface area contributed by atoms with Crippen LogP contribution >= 0.6 is 20.6 Å². The number of halogens is 1. The Labute approximate surface area is 220 Å². The minimum Gasteiger partial charge on any atom is -0.493 e. The van der Waals surface area contributed by atoms with Crippen molar-refractivity contribution < 1.29 is 24.1 Å². The van der Waals surface area contributed by atoms with Gasteiger partial charge in [-0.25, -0.2) is 9.38 Å². The summed E-state index contributed by atoms with van der Waals surface area (Å²) in [5.74, 6) is 0.958. The second kappa shape index (κ2) is 12.0. The Kier molecular flexibility index (Phi) is 9.56. The number of rotatable bonds is 11. The highest BCUT2D eigenvalue weighted by atomic mass is 32.1. The van der Waals surface area contributed by atoms with Gasteiger partial charge in [0.1, 0.15) is 17.6 Å². The summed E-state index contributed by atoms with van der Waals surface area (Å²) in [7, 11) is 3.68. The highest BCUT2D eigenvalue weighted by Crippen LogP contribution is 2.49. The minimum absolute atomic E-state index is 0.0147. The number of allylic oxidation sites excluding steroid dienone is 5. The van der Waals surface area contributed by atoms with Crippen LogP contribution in [0.4, 0.5) is 10.1 Å². The van der Waals surface area contributed by atoms with Gasteiger partial charge in [0.15, 0.2) is 17.7 Å². The standard InChI is InChI=1S/C27H38FN2O4PS/c1-6-8-22(34-16-26(32)14-27(28,35)15-26)21(33-5)11-12-30-17-29-20-13-23(36-24(20)25(30)31)19(4)10-9-18(3)7-2/h8-11,13,17,25,31-32H,6-7,12,14-16,35H2,1-5H3/b18-9+,19-10+,21-11+,22-8+. The Morgan fingerprint density at radius 1 is 1.28 bits per heavy atom. The molecule has 1 saturated carbocycles. The van der Waals surface area contributed by atoms with E-state index in [1.807, 2.05) is 19.1 Å². The Hall–Kier alpha value is -1.99. The van der Waals surface area contributed by atoms with Crippen LogP contribution in [0, 0.1) is 0 Å². The molecule has 2 heterocycles. The number of fused-ring (bicyclic) bond motifs is 1. The van der Waals surface area contributed by atoms with Crippen molar-refractivity contribution in [2.75, 3.05) is 20.3 Å². The predicted octanol–water partition coefficient (Wildman–Crippen LogP) is 6.38. The van der Waals surface area contributed by atoms with Gasteiger partial charge in [-0.2, -0.15) is 0 Å². The van der Waals surface area contributed by atoms with Gasteiger partial charge in [0.25, 0.3) is 0 Å². The Bertz CT molecular complexity index is 1080. The van der Waals surface area contributed by atoms with Gasteiger partial charge in [-0.1, -0.05) is 40.8 Å². The maximum atomic E-state index is 13.8. The summed E-state index contributed by atoms with van der Waals surface area (Å²) in [5, 5.41) is 20.1. The van der Waals surface area contributed by atoms with Crippen molar-refractivity contribution in [3.8, 4) is 0 Å². The lowest BCUT2D eigenvalue weighted by Gasteiger charge is -2.45. The van der Waals surface area contributed by atoms with Crippen molar-refractivity contribution in [1.29, 1.82) is 0 Å². The van der Waals surface area contributed by atoms with Crippen molar-refractivity contribution in [3.63, 3.8) is 0 Å². The largest absolute Gasteiger partial charge is 0.493 e.